The van der Waals surface area contributed by atoms with E-state index < -0.39 is 15.6 Å². The molecule has 0 radical (unpaired) electrons. The molecule has 122 valence electrons. The molecule has 2 aromatic rings. The van der Waals surface area contributed by atoms with Crippen LogP contribution < -0.4 is 4.72 Å². The molecular weight excluding hydrogens is 334 g/mol. The number of nitriles is 1. The summed E-state index contributed by atoms with van der Waals surface area (Å²) in [6, 6.07) is 7.54. The summed E-state index contributed by atoms with van der Waals surface area (Å²) in [7, 11) is -3.78. The van der Waals surface area contributed by atoms with Gasteiger partial charge in [-0.2, -0.15) is 5.26 Å². The van der Waals surface area contributed by atoms with Crippen LogP contribution in [0.1, 0.15) is 37.9 Å². The van der Waals surface area contributed by atoms with Gasteiger partial charge in [0.2, 0.25) is 0 Å². The molecule has 0 aliphatic carbocycles. The first kappa shape index (κ1) is 17.4. The van der Waals surface area contributed by atoms with Gasteiger partial charge >= 0.3 is 0 Å². The topological polar surface area (TPSA) is 103 Å². The highest BCUT2D eigenvalue weighted by atomic mass is 32.2. The number of benzene rings is 1. The summed E-state index contributed by atoms with van der Waals surface area (Å²) in [6.45, 7) is 3.70. The molecule has 0 amide bonds. The van der Waals surface area contributed by atoms with Crippen molar-refractivity contribution >= 4 is 26.5 Å². The molecule has 0 fully saturated rings. The fourth-order valence-corrected chi connectivity index (χ4v) is 4.08. The third-order valence-corrected chi connectivity index (χ3v) is 5.91. The molecule has 0 atom stereocenters. The van der Waals surface area contributed by atoms with Crippen molar-refractivity contribution in [2.24, 2.45) is 0 Å². The van der Waals surface area contributed by atoms with Crippen molar-refractivity contribution in [3.63, 3.8) is 0 Å². The average Bonchev–Trinajstić information content (AvgIpc) is 3.02. The number of hydrogen-bond acceptors (Lipinski definition) is 6. The van der Waals surface area contributed by atoms with Crippen molar-refractivity contribution < 1.29 is 13.5 Å². The third kappa shape index (κ3) is 3.69. The first-order chi connectivity index (χ1) is 10.8. The second kappa shape index (κ2) is 6.66. The maximum absolute atomic E-state index is 12.3. The molecule has 2 rings (SSSR count). The summed E-state index contributed by atoms with van der Waals surface area (Å²) < 4.78 is 27.0. The molecule has 23 heavy (non-hydrogen) atoms. The standard InChI is InChI=1S/C15H17N3O3S2/c1-3-15(19,4-2)13-10-22-14(17-13)18-23(20,21)12-7-5-11(9-16)6-8-12/h5-8,10,19H,3-4H2,1-2H3,(H,17,18). The SMILES string of the molecule is CCC(O)(CC)c1csc(NS(=O)(=O)c2ccc(C#N)cc2)n1. The fraction of sp³-hybridized carbons (Fsp3) is 0.333. The molecule has 1 aromatic carbocycles. The van der Waals surface area contributed by atoms with E-state index in [4.69, 9.17) is 5.26 Å². The predicted octanol–water partition coefficient (Wildman–Crippen LogP) is 2.82. The second-order valence-electron chi connectivity index (χ2n) is 5.02. The lowest BCUT2D eigenvalue weighted by Gasteiger charge is -2.22. The molecule has 0 saturated carbocycles. The van der Waals surface area contributed by atoms with Crippen LogP contribution in [-0.4, -0.2) is 18.5 Å². The molecule has 1 aromatic heterocycles. The number of anilines is 1. The lowest BCUT2D eigenvalue weighted by molar-refractivity contribution is 0.0247. The van der Waals surface area contributed by atoms with Gasteiger partial charge in [-0.05, 0) is 37.1 Å². The zero-order chi connectivity index (χ0) is 17.1. The van der Waals surface area contributed by atoms with Crippen LogP contribution in [0.4, 0.5) is 5.13 Å². The average molecular weight is 351 g/mol. The van der Waals surface area contributed by atoms with Crippen molar-refractivity contribution in [1.82, 2.24) is 4.98 Å². The van der Waals surface area contributed by atoms with Crippen molar-refractivity contribution in [2.75, 3.05) is 4.72 Å². The molecule has 1 heterocycles. The highest BCUT2D eigenvalue weighted by Gasteiger charge is 2.28. The van der Waals surface area contributed by atoms with Gasteiger partial charge < -0.3 is 5.11 Å². The zero-order valence-electron chi connectivity index (χ0n) is 12.8. The number of nitrogens with zero attached hydrogens (tertiary/aromatic N) is 2. The smallest absolute Gasteiger partial charge is 0.263 e. The Morgan fingerprint density at radius 2 is 1.91 bits per heavy atom. The Morgan fingerprint density at radius 1 is 1.30 bits per heavy atom. The summed E-state index contributed by atoms with van der Waals surface area (Å²) in [5.74, 6) is 0. The Labute approximate surface area is 139 Å². The van der Waals surface area contributed by atoms with Gasteiger partial charge in [0.05, 0.1) is 22.2 Å². The van der Waals surface area contributed by atoms with Crippen molar-refractivity contribution in [3.8, 4) is 6.07 Å². The van der Waals surface area contributed by atoms with Crippen LogP contribution in [0.25, 0.3) is 0 Å². The highest BCUT2D eigenvalue weighted by molar-refractivity contribution is 7.93. The Morgan fingerprint density at radius 3 is 2.43 bits per heavy atom. The summed E-state index contributed by atoms with van der Waals surface area (Å²) in [6.07, 6.45) is 0.990. The van der Waals surface area contributed by atoms with Crippen LogP contribution in [0, 0.1) is 11.3 Å². The Hall–Kier alpha value is -1.95. The molecule has 0 bridgehead atoms. The van der Waals surface area contributed by atoms with Crippen LogP contribution in [-0.2, 0) is 15.6 Å². The van der Waals surface area contributed by atoms with Crippen LogP contribution in [0.5, 0.6) is 0 Å². The Bertz CT molecular complexity index is 816. The van der Waals surface area contributed by atoms with Gasteiger partial charge in [0.15, 0.2) is 5.13 Å². The van der Waals surface area contributed by atoms with E-state index in [0.717, 1.165) is 11.3 Å². The molecule has 0 aliphatic rings. The van der Waals surface area contributed by atoms with Crippen molar-refractivity contribution in [3.05, 3.63) is 40.9 Å². The van der Waals surface area contributed by atoms with E-state index in [0.29, 0.717) is 24.1 Å². The summed E-state index contributed by atoms with van der Waals surface area (Å²) in [5.41, 5.74) is -0.198. The quantitative estimate of drug-likeness (QED) is 0.833. The Kier molecular flexibility index (Phi) is 5.04. The second-order valence-corrected chi connectivity index (χ2v) is 7.56. The molecular formula is C15H17N3O3S2. The number of aliphatic hydroxyl groups is 1. The minimum absolute atomic E-state index is 0.0505. The molecule has 0 spiro atoms. The molecule has 8 heteroatoms. The van der Waals surface area contributed by atoms with Gasteiger partial charge in [-0.25, -0.2) is 13.4 Å². The van der Waals surface area contributed by atoms with Gasteiger partial charge in [-0.15, -0.1) is 11.3 Å². The van der Waals surface area contributed by atoms with E-state index >= 15 is 0 Å². The number of rotatable bonds is 6. The molecule has 0 unspecified atom stereocenters. The van der Waals surface area contributed by atoms with E-state index in [1.165, 1.54) is 24.3 Å². The van der Waals surface area contributed by atoms with Crippen LogP contribution in [0.15, 0.2) is 34.5 Å². The third-order valence-electron chi connectivity index (χ3n) is 3.67. The first-order valence-corrected chi connectivity index (χ1v) is 9.42. The van der Waals surface area contributed by atoms with E-state index in [2.05, 4.69) is 9.71 Å². The first-order valence-electron chi connectivity index (χ1n) is 7.06. The number of aromatic nitrogens is 1. The highest BCUT2D eigenvalue weighted by Crippen LogP contribution is 2.31. The number of sulfonamides is 1. The van der Waals surface area contributed by atoms with Crippen molar-refractivity contribution in [2.45, 2.75) is 37.2 Å². The normalized spacial score (nSPS) is 11.9. The van der Waals surface area contributed by atoms with Crippen LogP contribution in [0.2, 0.25) is 0 Å². The van der Waals surface area contributed by atoms with Crippen LogP contribution in [0.3, 0.4) is 0 Å². The maximum Gasteiger partial charge on any atom is 0.263 e. The van der Waals surface area contributed by atoms with Gasteiger partial charge in [0.25, 0.3) is 10.0 Å². The van der Waals surface area contributed by atoms with Gasteiger partial charge in [-0.1, -0.05) is 13.8 Å². The maximum atomic E-state index is 12.3. The number of nitrogens with one attached hydrogen (secondary N) is 1. The minimum atomic E-state index is -3.78. The summed E-state index contributed by atoms with van der Waals surface area (Å²) in [5, 5.41) is 21.0. The number of hydrogen-bond donors (Lipinski definition) is 2. The molecule has 0 saturated heterocycles. The molecule has 6 nitrogen and oxygen atoms in total. The molecule has 0 aliphatic heterocycles. The molecule has 2 N–H and O–H groups in total. The monoisotopic (exact) mass is 351 g/mol. The Balaban J connectivity index is 2.24. The van der Waals surface area contributed by atoms with Gasteiger partial charge in [-0.3, -0.25) is 4.72 Å². The summed E-state index contributed by atoms with van der Waals surface area (Å²) >= 11 is 1.12. The number of thiazole rings is 1. The summed E-state index contributed by atoms with van der Waals surface area (Å²) in [4.78, 5) is 4.24. The fourth-order valence-electron chi connectivity index (χ4n) is 2.03. The van der Waals surface area contributed by atoms with Crippen LogP contribution >= 0.6 is 11.3 Å². The van der Waals surface area contributed by atoms with E-state index in [1.807, 2.05) is 19.9 Å². The van der Waals surface area contributed by atoms with E-state index in [1.54, 1.807) is 5.38 Å². The van der Waals surface area contributed by atoms with Gasteiger partial charge in [0, 0.05) is 5.38 Å². The largest absolute Gasteiger partial charge is 0.384 e. The lowest BCUT2D eigenvalue weighted by Crippen LogP contribution is -2.24. The van der Waals surface area contributed by atoms with E-state index in [9.17, 15) is 13.5 Å². The van der Waals surface area contributed by atoms with Crippen molar-refractivity contribution in [1.29, 1.82) is 5.26 Å². The predicted molar refractivity (Wildman–Crippen MR) is 88.6 cm³/mol. The lowest BCUT2D eigenvalue weighted by atomic mass is 9.94. The van der Waals surface area contributed by atoms with E-state index in [-0.39, 0.29) is 10.0 Å². The minimum Gasteiger partial charge on any atom is -0.384 e. The zero-order valence-corrected chi connectivity index (χ0v) is 14.4. The van der Waals surface area contributed by atoms with Gasteiger partial charge in [0.1, 0.15) is 5.60 Å².